The van der Waals surface area contributed by atoms with E-state index in [4.69, 9.17) is 15.2 Å². The number of nitrogens with two attached hydrogens (primary N) is 1. The normalized spacial score (nSPS) is 10.8. The van der Waals surface area contributed by atoms with E-state index in [-0.39, 0.29) is 6.73 Å². The van der Waals surface area contributed by atoms with Crippen LogP contribution in [0.25, 0.3) is 11.3 Å². The van der Waals surface area contributed by atoms with E-state index in [0.29, 0.717) is 5.92 Å². The number of ether oxygens (including phenoxy) is 2. The van der Waals surface area contributed by atoms with Gasteiger partial charge in [0.1, 0.15) is 18.2 Å². The smallest absolute Gasteiger partial charge is 0.137 e. The Morgan fingerprint density at radius 1 is 1.32 bits per heavy atom. The van der Waals surface area contributed by atoms with E-state index in [1.54, 1.807) is 24.0 Å². The van der Waals surface area contributed by atoms with Crippen LogP contribution in [0.2, 0.25) is 0 Å². The van der Waals surface area contributed by atoms with Crippen molar-refractivity contribution in [2.45, 2.75) is 19.8 Å². The summed E-state index contributed by atoms with van der Waals surface area (Å²) in [6.45, 7) is 4.38. The molecule has 0 amide bonds. The summed E-state index contributed by atoms with van der Waals surface area (Å²) < 4.78 is 11.0. The van der Waals surface area contributed by atoms with Crippen molar-refractivity contribution < 1.29 is 9.47 Å². The second-order valence-electron chi connectivity index (χ2n) is 4.43. The first-order chi connectivity index (χ1) is 9.17. The highest BCUT2D eigenvalue weighted by Crippen LogP contribution is 2.38. The molecular weight excluding hydrogens is 260 g/mol. The minimum absolute atomic E-state index is 0.155. The quantitative estimate of drug-likeness (QED) is 0.853. The van der Waals surface area contributed by atoms with E-state index < -0.39 is 0 Å². The zero-order valence-corrected chi connectivity index (χ0v) is 12.2. The number of thiazole rings is 1. The predicted molar refractivity (Wildman–Crippen MR) is 77.9 cm³/mol. The van der Waals surface area contributed by atoms with Crippen molar-refractivity contribution in [3.63, 3.8) is 0 Å². The fourth-order valence-electron chi connectivity index (χ4n) is 1.96. The Balaban J connectivity index is 2.57. The second kappa shape index (κ2) is 6.04. The molecule has 5 heteroatoms. The maximum atomic E-state index is 5.53. The molecule has 1 aromatic carbocycles. The molecule has 0 atom stereocenters. The van der Waals surface area contributed by atoms with Crippen LogP contribution in [-0.4, -0.2) is 18.8 Å². The molecule has 0 bridgehead atoms. The summed E-state index contributed by atoms with van der Waals surface area (Å²) in [4.78, 5) is 4.32. The minimum Gasteiger partial charge on any atom is -0.496 e. The lowest BCUT2D eigenvalue weighted by atomic mass is 9.98. The van der Waals surface area contributed by atoms with Crippen LogP contribution in [0.15, 0.2) is 23.0 Å². The molecule has 0 aliphatic rings. The number of aromatic nitrogens is 1. The van der Waals surface area contributed by atoms with Crippen LogP contribution in [0.1, 0.15) is 25.3 Å². The van der Waals surface area contributed by atoms with Gasteiger partial charge in [-0.3, -0.25) is 5.73 Å². The maximum Gasteiger partial charge on any atom is 0.137 e. The Bertz CT molecular complexity index is 539. The van der Waals surface area contributed by atoms with Gasteiger partial charge < -0.3 is 9.47 Å². The number of hydrogen-bond donors (Lipinski definition) is 1. The Morgan fingerprint density at radius 3 is 2.63 bits per heavy atom. The van der Waals surface area contributed by atoms with Crippen LogP contribution in [-0.2, 0) is 0 Å². The van der Waals surface area contributed by atoms with E-state index in [2.05, 4.69) is 18.8 Å². The minimum atomic E-state index is 0.155. The molecule has 0 radical (unpaired) electrons. The van der Waals surface area contributed by atoms with Crippen molar-refractivity contribution in [2.75, 3.05) is 13.8 Å². The molecule has 2 N–H and O–H groups in total. The zero-order valence-electron chi connectivity index (χ0n) is 11.3. The topological polar surface area (TPSA) is 57.4 Å². The average Bonchev–Trinajstić information content (AvgIpc) is 2.92. The molecule has 19 heavy (non-hydrogen) atoms. The first kappa shape index (κ1) is 13.8. The van der Waals surface area contributed by atoms with E-state index in [9.17, 15) is 0 Å². The Morgan fingerprint density at radius 2 is 2.11 bits per heavy atom. The van der Waals surface area contributed by atoms with Gasteiger partial charge >= 0.3 is 0 Å². The Hall–Kier alpha value is -1.59. The Kier molecular flexibility index (Phi) is 4.39. The summed E-state index contributed by atoms with van der Waals surface area (Å²) in [6.07, 6.45) is 0. The van der Waals surface area contributed by atoms with E-state index in [0.717, 1.165) is 28.3 Å². The van der Waals surface area contributed by atoms with Gasteiger partial charge in [-0.2, -0.15) is 0 Å². The molecule has 0 saturated carbocycles. The molecule has 1 heterocycles. The molecule has 2 rings (SSSR count). The lowest BCUT2D eigenvalue weighted by Gasteiger charge is -2.17. The SMILES string of the molecule is COc1cc(C(C)C)c(OCN)cc1-c1cscn1. The van der Waals surface area contributed by atoms with Crippen molar-refractivity contribution in [1.29, 1.82) is 0 Å². The fourth-order valence-corrected chi connectivity index (χ4v) is 2.51. The molecule has 0 unspecified atom stereocenters. The fraction of sp³-hybridized carbons (Fsp3) is 0.357. The molecule has 2 aromatic rings. The first-order valence-electron chi connectivity index (χ1n) is 6.10. The summed E-state index contributed by atoms with van der Waals surface area (Å²) in [5, 5.41) is 1.99. The Labute approximate surface area is 117 Å². The summed E-state index contributed by atoms with van der Waals surface area (Å²) >= 11 is 1.55. The van der Waals surface area contributed by atoms with Crippen molar-refractivity contribution in [2.24, 2.45) is 5.73 Å². The standard InChI is InChI=1S/C14H18N2O2S/c1-9(2)10-4-13(17-3)11(5-14(10)18-7-15)12-6-19-8-16-12/h4-6,8-9H,7,15H2,1-3H3. The molecule has 1 aromatic heterocycles. The number of rotatable bonds is 5. The third kappa shape index (κ3) is 2.88. The van der Waals surface area contributed by atoms with Gasteiger partial charge in [-0.05, 0) is 18.1 Å². The van der Waals surface area contributed by atoms with Crippen molar-refractivity contribution in [3.05, 3.63) is 28.6 Å². The van der Waals surface area contributed by atoms with Gasteiger partial charge in [0.15, 0.2) is 0 Å². The second-order valence-corrected chi connectivity index (χ2v) is 5.15. The van der Waals surface area contributed by atoms with E-state index >= 15 is 0 Å². The molecule has 0 aliphatic carbocycles. The highest BCUT2D eigenvalue weighted by molar-refractivity contribution is 7.07. The highest BCUT2D eigenvalue weighted by Gasteiger charge is 2.16. The van der Waals surface area contributed by atoms with Crippen LogP contribution in [0.4, 0.5) is 0 Å². The van der Waals surface area contributed by atoms with Gasteiger partial charge in [0, 0.05) is 16.5 Å². The van der Waals surface area contributed by atoms with E-state index in [1.807, 2.05) is 17.5 Å². The van der Waals surface area contributed by atoms with Crippen molar-refractivity contribution in [1.82, 2.24) is 4.98 Å². The van der Waals surface area contributed by atoms with Gasteiger partial charge in [-0.15, -0.1) is 11.3 Å². The van der Waals surface area contributed by atoms with Crippen LogP contribution in [0.5, 0.6) is 11.5 Å². The summed E-state index contributed by atoms with van der Waals surface area (Å²) in [6, 6.07) is 3.96. The van der Waals surface area contributed by atoms with Crippen LogP contribution in [0.3, 0.4) is 0 Å². The molecule has 0 aliphatic heterocycles. The van der Waals surface area contributed by atoms with Crippen LogP contribution in [0, 0.1) is 0 Å². The van der Waals surface area contributed by atoms with E-state index in [1.165, 1.54) is 0 Å². The third-order valence-corrected chi connectivity index (χ3v) is 3.49. The summed E-state index contributed by atoms with van der Waals surface area (Å²) in [5.41, 5.74) is 10.2. The predicted octanol–water partition coefficient (Wildman–Crippen LogP) is 3.24. The monoisotopic (exact) mass is 278 g/mol. The van der Waals surface area contributed by atoms with Gasteiger partial charge in [0.2, 0.25) is 0 Å². The number of methoxy groups -OCH3 is 1. The number of benzene rings is 1. The molecule has 0 saturated heterocycles. The lowest BCUT2D eigenvalue weighted by molar-refractivity contribution is 0.324. The van der Waals surface area contributed by atoms with Crippen molar-refractivity contribution >= 4 is 11.3 Å². The maximum absolute atomic E-state index is 5.53. The molecule has 0 fully saturated rings. The average molecular weight is 278 g/mol. The largest absolute Gasteiger partial charge is 0.496 e. The molecular formula is C14H18N2O2S. The van der Waals surface area contributed by atoms with Gasteiger partial charge in [-0.25, -0.2) is 4.98 Å². The number of hydrogen-bond acceptors (Lipinski definition) is 5. The summed E-state index contributed by atoms with van der Waals surface area (Å²) in [7, 11) is 1.67. The first-order valence-corrected chi connectivity index (χ1v) is 7.05. The van der Waals surface area contributed by atoms with Gasteiger partial charge in [0.05, 0.1) is 18.3 Å². The molecule has 102 valence electrons. The molecule has 4 nitrogen and oxygen atoms in total. The molecule has 0 spiro atoms. The third-order valence-electron chi connectivity index (χ3n) is 2.90. The number of nitrogens with zero attached hydrogens (tertiary/aromatic N) is 1. The van der Waals surface area contributed by atoms with Crippen molar-refractivity contribution in [3.8, 4) is 22.8 Å². The van der Waals surface area contributed by atoms with Gasteiger partial charge in [-0.1, -0.05) is 13.8 Å². The van der Waals surface area contributed by atoms with Crippen LogP contribution >= 0.6 is 11.3 Å². The summed E-state index contributed by atoms with van der Waals surface area (Å²) in [5.74, 6) is 1.93. The highest BCUT2D eigenvalue weighted by atomic mass is 32.1. The van der Waals surface area contributed by atoms with Gasteiger partial charge in [0.25, 0.3) is 0 Å². The van der Waals surface area contributed by atoms with Crippen LogP contribution < -0.4 is 15.2 Å². The zero-order chi connectivity index (χ0) is 13.8. The lowest BCUT2D eigenvalue weighted by Crippen LogP contribution is -2.09.